The van der Waals surface area contributed by atoms with Crippen LogP contribution in [0.15, 0.2) is 0 Å². The second kappa shape index (κ2) is 4.75. The molecule has 1 fully saturated rings. The lowest BCUT2D eigenvalue weighted by atomic mass is 10.5. The van der Waals surface area contributed by atoms with E-state index in [1.807, 2.05) is 13.8 Å². The molecule has 0 radical (unpaired) electrons. The Bertz CT molecular complexity index is 261. The van der Waals surface area contributed by atoms with Crippen molar-refractivity contribution in [2.75, 3.05) is 18.8 Å². The molecule has 4 nitrogen and oxygen atoms in total. The van der Waals surface area contributed by atoms with E-state index in [9.17, 15) is 9.59 Å². The van der Waals surface area contributed by atoms with E-state index >= 15 is 0 Å². The van der Waals surface area contributed by atoms with Crippen molar-refractivity contribution in [3.05, 3.63) is 0 Å². The Labute approximate surface area is 92.6 Å². The number of hydrogen-bond donors (Lipinski definition) is 0. The molecule has 1 heterocycles. The summed E-state index contributed by atoms with van der Waals surface area (Å²) in [6.07, 6.45) is 0. The van der Waals surface area contributed by atoms with Crippen molar-refractivity contribution in [3.63, 3.8) is 0 Å². The minimum Gasteiger partial charge on any atom is -0.325 e. The fourth-order valence-electron chi connectivity index (χ4n) is 1.17. The predicted molar refractivity (Wildman–Crippen MR) is 60.2 cm³/mol. The number of carbonyl (C=O) groups is 2. The molecule has 78 valence electrons. The van der Waals surface area contributed by atoms with Crippen LogP contribution in [0.25, 0.3) is 0 Å². The van der Waals surface area contributed by atoms with Crippen LogP contribution in [-0.2, 0) is 4.79 Å². The molecule has 3 amide bonds. The lowest BCUT2D eigenvalue weighted by molar-refractivity contribution is -0.122. The highest BCUT2D eigenvalue weighted by molar-refractivity contribution is 8.24. The maximum atomic E-state index is 11.8. The van der Waals surface area contributed by atoms with Gasteiger partial charge in [-0.25, -0.2) is 9.69 Å². The summed E-state index contributed by atoms with van der Waals surface area (Å²) in [6.45, 7) is 4.93. The lowest BCUT2D eigenvalue weighted by Gasteiger charge is -2.23. The van der Waals surface area contributed by atoms with Crippen LogP contribution in [0.5, 0.6) is 0 Å². The Morgan fingerprint density at radius 2 is 2.14 bits per heavy atom. The smallest absolute Gasteiger partial charge is 0.325 e. The SMILES string of the molecule is CCN(CC)C(=O)N1C(=O)CSC1=S. The van der Waals surface area contributed by atoms with E-state index in [1.54, 1.807) is 4.90 Å². The zero-order valence-electron chi connectivity index (χ0n) is 8.15. The molecule has 14 heavy (non-hydrogen) atoms. The summed E-state index contributed by atoms with van der Waals surface area (Å²) in [7, 11) is 0. The van der Waals surface area contributed by atoms with Gasteiger partial charge in [0.05, 0.1) is 5.75 Å². The summed E-state index contributed by atoms with van der Waals surface area (Å²) in [6, 6.07) is -0.296. The second-order valence-corrected chi connectivity index (χ2v) is 4.35. The normalized spacial score (nSPS) is 16.3. The molecule has 1 rings (SSSR count). The molecule has 1 aliphatic heterocycles. The van der Waals surface area contributed by atoms with Gasteiger partial charge in [-0.3, -0.25) is 4.79 Å². The van der Waals surface area contributed by atoms with E-state index < -0.39 is 0 Å². The van der Waals surface area contributed by atoms with Crippen molar-refractivity contribution in [3.8, 4) is 0 Å². The van der Waals surface area contributed by atoms with Gasteiger partial charge in [0.2, 0.25) is 5.91 Å². The first-order chi connectivity index (χ1) is 6.61. The fourth-order valence-corrected chi connectivity index (χ4v) is 2.22. The maximum Gasteiger partial charge on any atom is 0.332 e. The van der Waals surface area contributed by atoms with Gasteiger partial charge in [0.25, 0.3) is 0 Å². The fraction of sp³-hybridized carbons (Fsp3) is 0.625. The monoisotopic (exact) mass is 232 g/mol. The van der Waals surface area contributed by atoms with Crippen LogP contribution in [-0.4, -0.2) is 44.9 Å². The summed E-state index contributed by atoms with van der Waals surface area (Å²) in [5, 5.41) is 0. The predicted octanol–water partition coefficient (Wildman–Crippen LogP) is 1.31. The molecule has 0 spiro atoms. The Balaban J connectivity index is 2.77. The molecular weight excluding hydrogens is 220 g/mol. The van der Waals surface area contributed by atoms with Gasteiger partial charge in [-0.2, -0.15) is 0 Å². The van der Waals surface area contributed by atoms with Crippen LogP contribution in [0, 0.1) is 0 Å². The third kappa shape index (κ3) is 2.06. The lowest BCUT2D eigenvalue weighted by Crippen LogP contribution is -2.45. The van der Waals surface area contributed by atoms with E-state index in [2.05, 4.69) is 0 Å². The Kier molecular flexibility index (Phi) is 3.88. The van der Waals surface area contributed by atoms with Gasteiger partial charge in [-0.1, -0.05) is 24.0 Å². The van der Waals surface area contributed by atoms with Crippen molar-refractivity contribution in [1.29, 1.82) is 0 Å². The number of urea groups is 1. The quantitative estimate of drug-likeness (QED) is 0.673. The molecule has 0 aromatic carbocycles. The van der Waals surface area contributed by atoms with Gasteiger partial charge in [0.1, 0.15) is 0 Å². The van der Waals surface area contributed by atoms with Gasteiger partial charge >= 0.3 is 6.03 Å². The number of carbonyl (C=O) groups excluding carboxylic acids is 2. The van der Waals surface area contributed by atoms with E-state index in [-0.39, 0.29) is 17.7 Å². The first kappa shape index (κ1) is 11.5. The molecule has 0 bridgehead atoms. The molecule has 0 aromatic heterocycles. The van der Waals surface area contributed by atoms with Crippen molar-refractivity contribution >= 4 is 40.2 Å². The molecule has 0 saturated carbocycles. The molecular formula is C8H12N2O2S2. The maximum absolute atomic E-state index is 11.8. The zero-order chi connectivity index (χ0) is 10.7. The van der Waals surface area contributed by atoms with Gasteiger partial charge in [0, 0.05) is 13.1 Å². The van der Waals surface area contributed by atoms with Crippen LogP contribution in [0.1, 0.15) is 13.8 Å². The topological polar surface area (TPSA) is 40.6 Å². The molecule has 0 N–H and O–H groups in total. The van der Waals surface area contributed by atoms with Crippen LogP contribution in [0.3, 0.4) is 0 Å². The van der Waals surface area contributed by atoms with E-state index in [1.165, 1.54) is 11.8 Å². The number of imide groups is 1. The van der Waals surface area contributed by atoms with E-state index in [0.717, 1.165) is 4.90 Å². The summed E-state index contributed by atoms with van der Waals surface area (Å²) < 4.78 is 0.368. The van der Waals surface area contributed by atoms with E-state index in [0.29, 0.717) is 17.4 Å². The highest BCUT2D eigenvalue weighted by Crippen LogP contribution is 2.20. The first-order valence-electron chi connectivity index (χ1n) is 4.40. The highest BCUT2D eigenvalue weighted by atomic mass is 32.2. The summed E-state index contributed by atoms with van der Waals surface area (Å²) in [4.78, 5) is 25.8. The highest BCUT2D eigenvalue weighted by Gasteiger charge is 2.34. The number of thioether (sulfide) groups is 1. The third-order valence-electron chi connectivity index (χ3n) is 1.98. The average Bonchev–Trinajstić information content (AvgIpc) is 2.48. The summed E-state index contributed by atoms with van der Waals surface area (Å²) >= 11 is 6.17. The Morgan fingerprint density at radius 1 is 1.57 bits per heavy atom. The van der Waals surface area contributed by atoms with Gasteiger partial charge in [-0.05, 0) is 13.8 Å². The number of thiocarbonyl (C=S) groups is 1. The van der Waals surface area contributed by atoms with Crippen LogP contribution in [0.4, 0.5) is 4.79 Å². The van der Waals surface area contributed by atoms with Crippen molar-refractivity contribution in [2.24, 2.45) is 0 Å². The average molecular weight is 232 g/mol. The zero-order valence-corrected chi connectivity index (χ0v) is 9.78. The molecule has 6 heteroatoms. The third-order valence-corrected chi connectivity index (χ3v) is 3.33. The first-order valence-corrected chi connectivity index (χ1v) is 5.79. The van der Waals surface area contributed by atoms with Gasteiger partial charge in [-0.15, -0.1) is 0 Å². The molecule has 0 unspecified atom stereocenters. The molecule has 0 aliphatic carbocycles. The van der Waals surface area contributed by atoms with Gasteiger partial charge in [0.15, 0.2) is 4.32 Å². The minimum atomic E-state index is -0.296. The molecule has 0 aromatic rings. The second-order valence-electron chi connectivity index (χ2n) is 2.74. The molecule has 0 atom stereocenters. The van der Waals surface area contributed by atoms with Crippen molar-refractivity contribution < 1.29 is 9.59 Å². The number of nitrogens with zero attached hydrogens (tertiary/aromatic N) is 2. The standard InChI is InChI=1S/C8H12N2O2S2/c1-3-9(4-2)7(12)10-6(11)5-14-8(10)13/h3-5H2,1-2H3. The van der Waals surface area contributed by atoms with Crippen LogP contribution >= 0.6 is 24.0 Å². The summed E-state index contributed by atoms with van der Waals surface area (Å²) in [5.41, 5.74) is 0. The number of amides is 3. The number of rotatable bonds is 2. The largest absolute Gasteiger partial charge is 0.332 e. The summed E-state index contributed by atoms with van der Waals surface area (Å²) in [5.74, 6) is 0.0724. The van der Waals surface area contributed by atoms with Crippen molar-refractivity contribution in [2.45, 2.75) is 13.8 Å². The van der Waals surface area contributed by atoms with Crippen molar-refractivity contribution in [1.82, 2.24) is 9.80 Å². The van der Waals surface area contributed by atoms with Crippen LogP contribution in [0.2, 0.25) is 0 Å². The van der Waals surface area contributed by atoms with Gasteiger partial charge < -0.3 is 4.90 Å². The Hall–Kier alpha value is -0.620. The minimum absolute atomic E-state index is 0.211. The number of hydrogen-bond acceptors (Lipinski definition) is 4. The molecule has 1 aliphatic rings. The van der Waals surface area contributed by atoms with E-state index in [4.69, 9.17) is 12.2 Å². The molecule has 1 saturated heterocycles. The van der Waals surface area contributed by atoms with Crippen LogP contribution < -0.4 is 0 Å². The Morgan fingerprint density at radius 3 is 2.50 bits per heavy atom.